The molecule has 0 unspecified atom stereocenters. The maximum atomic E-state index is 11.6. The third-order valence-electron chi connectivity index (χ3n) is 3.75. The molecule has 1 aliphatic heterocycles. The van der Waals surface area contributed by atoms with E-state index in [2.05, 4.69) is 20.0 Å². The van der Waals surface area contributed by atoms with Crippen molar-refractivity contribution < 1.29 is 9.53 Å². The highest BCUT2D eigenvalue weighted by Gasteiger charge is 2.17. The van der Waals surface area contributed by atoms with Crippen molar-refractivity contribution in [1.29, 1.82) is 0 Å². The largest absolute Gasteiger partial charge is 0.378 e. The fourth-order valence-corrected chi connectivity index (χ4v) is 2.59. The van der Waals surface area contributed by atoms with Crippen LogP contribution in [0, 0.1) is 13.8 Å². The van der Waals surface area contributed by atoms with E-state index < -0.39 is 0 Å². The van der Waals surface area contributed by atoms with Crippen LogP contribution in [0.15, 0.2) is 12.3 Å². The molecule has 0 atom stereocenters. The van der Waals surface area contributed by atoms with E-state index >= 15 is 0 Å². The summed E-state index contributed by atoms with van der Waals surface area (Å²) in [5.41, 5.74) is 1.41. The predicted molar refractivity (Wildman–Crippen MR) is 81.7 cm³/mol. The Morgan fingerprint density at radius 2 is 1.86 bits per heavy atom. The molecule has 0 saturated carbocycles. The van der Waals surface area contributed by atoms with E-state index in [1.54, 1.807) is 17.8 Å². The van der Waals surface area contributed by atoms with Gasteiger partial charge in [0.25, 0.3) is 0 Å². The number of morpholine rings is 1. The minimum atomic E-state index is 0.00271. The van der Waals surface area contributed by atoms with E-state index in [1.165, 1.54) is 0 Å². The molecule has 1 fully saturated rings. The van der Waals surface area contributed by atoms with Crippen molar-refractivity contribution >= 4 is 11.6 Å². The Labute approximate surface area is 128 Å². The normalized spacial score (nSPS) is 15.1. The molecule has 22 heavy (non-hydrogen) atoms. The van der Waals surface area contributed by atoms with Gasteiger partial charge in [-0.15, -0.1) is 0 Å². The molecular weight excluding hydrogens is 282 g/mol. The highest BCUT2D eigenvalue weighted by molar-refractivity contribution is 5.95. The number of carbonyl (C=O) groups is 1. The molecule has 0 radical (unpaired) electrons. The van der Waals surface area contributed by atoms with Crippen LogP contribution in [-0.2, 0) is 4.74 Å². The Morgan fingerprint density at radius 1 is 1.18 bits per heavy atom. The fourth-order valence-electron chi connectivity index (χ4n) is 2.59. The third kappa shape index (κ3) is 2.71. The van der Waals surface area contributed by atoms with E-state index in [0.717, 1.165) is 24.6 Å². The number of ether oxygens (including phenoxy) is 1. The van der Waals surface area contributed by atoms with E-state index in [-0.39, 0.29) is 5.78 Å². The Kier molecular flexibility index (Phi) is 3.89. The summed E-state index contributed by atoms with van der Waals surface area (Å²) in [4.78, 5) is 22.7. The van der Waals surface area contributed by atoms with Crippen molar-refractivity contribution in [1.82, 2.24) is 19.7 Å². The number of Topliss-reactive ketones (excluding diaryl/α,β-unsaturated/α-hetero) is 1. The van der Waals surface area contributed by atoms with Gasteiger partial charge < -0.3 is 9.64 Å². The second-order valence-electron chi connectivity index (χ2n) is 5.34. The summed E-state index contributed by atoms with van der Waals surface area (Å²) in [5.74, 6) is 2.23. The topological polar surface area (TPSA) is 73.1 Å². The zero-order valence-electron chi connectivity index (χ0n) is 13.0. The van der Waals surface area contributed by atoms with Gasteiger partial charge in [0.05, 0.1) is 30.7 Å². The van der Waals surface area contributed by atoms with Crippen molar-refractivity contribution in [2.24, 2.45) is 0 Å². The molecule has 1 saturated heterocycles. The monoisotopic (exact) mass is 301 g/mol. The molecule has 2 aromatic rings. The summed E-state index contributed by atoms with van der Waals surface area (Å²) in [6, 6.07) is 1.90. The molecule has 7 nitrogen and oxygen atoms in total. The van der Waals surface area contributed by atoms with Crippen LogP contribution in [0.25, 0.3) is 5.82 Å². The lowest BCUT2D eigenvalue weighted by molar-refractivity contribution is 0.101. The second-order valence-corrected chi connectivity index (χ2v) is 5.34. The maximum absolute atomic E-state index is 11.6. The Bertz CT molecular complexity index is 704. The smallest absolute Gasteiger partial charge is 0.163 e. The number of nitrogens with zero attached hydrogens (tertiary/aromatic N) is 5. The molecule has 0 spiro atoms. The third-order valence-corrected chi connectivity index (χ3v) is 3.75. The van der Waals surface area contributed by atoms with Crippen molar-refractivity contribution in [3.63, 3.8) is 0 Å². The Balaban J connectivity index is 2.00. The molecule has 0 aliphatic carbocycles. The second kappa shape index (κ2) is 5.84. The number of ketones is 1. The van der Waals surface area contributed by atoms with E-state index in [0.29, 0.717) is 30.4 Å². The molecule has 3 rings (SSSR count). The van der Waals surface area contributed by atoms with Crippen molar-refractivity contribution in [3.8, 4) is 5.82 Å². The molecule has 0 amide bonds. The lowest BCUT2D eigenvalue weighted by Gasteiger charge is -2.28. The van der Waals surface area contributed by atoms with E-state index in [4.69, 9.17) is 4.74 Å². The molecule has 0 N–H and O–H groups in total. The van der Waals surface area contributed by atoms with Crippen LogP contribution in [0.3, 0.4) is 0 Å². The van der Waals surface area contributed by atoms with Crippen molar-refractivity contribution in [3.05, 3.63) is 29.3 Å². The van der Waals surface area contributed by atoms with Gasteiger partial charge in [-0.2, -0.15) is 5.10 Å². The van der Waals surface area contributed by atoms with Crippen LogP contribution in [0.1, 0.15) is 28.8 Å². The van der Waals surface area contributed by atoms with Gasteiger partial charge >= 0.3 is 0 Å². The lowest BCUT2D eigenvalue weighted by atomic mass is 10.2. The van der Waals surface area contributed by atoms with Gasteiger partial charge in [0.2, 0.25) is 0 Å². The lowest BCUT2D eigenvalue weighted by Crippen LogP contribution is -2.37. The van der Waals surface area contributed by atoms with Crippen LogP contribution in [0.2, 0.25) is 0 Å². The zero-order chi connectivity index (χ0) is 15.7. The van der Waals surface area contributed by atoms with Crippen LogP contribution >= 0.6 is 0 Å². The maximum Gasteiger partial charge on any atom is 0.163 e. The summed E-state index contributed by atoms with van der Waals surface area (Å²) in [6.07, 6.45) is 1.59. The molecule has 2 aromatic heterocycles. The molecule has 0 aromatic carbocycles. The van der Waals surface area contributed by atoms with Crippen LogP contribution < -0.4 is 4.90 Å². The van der Waals surface area contributed by atoms with Gasteiger partial charge in [-0.3, -0.25) is 4.79 Å². The number of hydrogen-bond donors (Lipinski definition) is 0. The van der Waals surface area contributed by atoms with E-state index in [1.807, 2.05) is 19.9 Å². The predicted octanol–water partition coefficient (Wildman–Crippen LogP) is 1.32. The average molecular weight is 301 g/mol. The van der Waals surface area contributed by atoms with Crippen molar-refractivity contribution in [2.45, 2.75) is 20.8 Å². The number of aryl methyl sites for hydroxylation is 1. The first-order valence-electron chi connectivity index (χ1n) is 7.30. The first-order chi connectivity index (χ1) is 10.6. The molecule has 7 heteroatoms. The highest BCUT2D eigenvalue weighted by atomic mass is 16.5. The molecule has 0 bridgehead atoms. The first-order valence-corrected chi connectivity index (χ1v) is 7.30. The quantitative estimate of drug-likeness (QED) is 0.796. The van der Waals surface area contributed by atoms with E-state index in [9.17, 15) is 4.79 Å². The number of carbonyl (C=O) groups excluding carboxylic acids is 1. The minimum absolute atomic E-state index is 0.00271. The van der Waals surface area contributed by atoms with Gasteiger partial charge in [-0.05, 0) is 20.8 Å². The first kappa shape index (κ1) is 14.6. The van der Waals surface area contributed by atoms with Crippen LogP contribution in [0.5, 0.6) is 0 Å². The Hall–Kier alpha value is -2.28. The highest BCUT2D eigenvalue weighted by Crippen LogP contribution is 2.19. The summed E-state index contributed by atoms with van der Waals surface area (Å²) in [7, 11) is 0. The Morgan fingerprint density at radius 3 is 2.50 bits per heavy atom. The van der Waals surface area contributed by atoms with Gasteiger partial charge in [0.15, 0.2) is 11.6 Å². The number of hydrogen-bond acceptors (Lipinski definition) is 6. The van der Waals surface area contributed by atoms with Crippen LogP contribution in [0.4, 0.5) is 5.82 Å². The number of anilines is 1. The average Bonchev–Trinajstić information content (AvgIpc) is 2.89. The minimum Gasteiger partial charge on any atom is -0.378 e. The van der Waals surface area contributed by atoms with Gasteiger partial charge in [0.1, 0.15) is 11.6 Å². The summed E-state index contributed by atoms with van der Waals surface area (Å²) >= 11 is 0. The standard InChI is InChI=1S/C15H19N5O2/c1-10-13(11(2)21)9-16-20(10)15-8-14(17-12(3)18-15)19-4-6-22-7-5-19/h8-9H,4-7H2,1-3H3. The molecule has 3 heterocycles. The molecule has 116 valence electrons. The number of rotatable bonds is 3. The SMILES string of the molecule is CC(=O)c1cnn(-c2cc(N3CCOCC3)nc(C)n2)c1C. The summed E-state index contributed by atoms with van der Waals surface area (Å²) < 4.78 is 7.06. The number of aromatic nitrogens is 4. The zero-order valence-corrected chi connectivity index (χ0v) is 13.0. The van der Waals surface area contributed by atoms with Crippen LogP contribution in [-0.4, -0.2) is 51.8 Å². The fraction of sp³-hybridized carbons (Fsp3) is 0.467. The molecule has 1 aliphatic rings. The van der Waals surface area contributed by atoms with Crippen molar-refractivity contribution in [2.75, 3.05) is 31.2 Å². The van der Waals surface area contributed by atoms with Gasteiger partial charge in [0, 0.05) is 19.2 Å². The summed E-state index contributed by atoms with van der Waals surface area (Å²) in [6.45, 7) is 8.30. The summed E-state index contributed by atoms with van der Waals surface area (Å²) in [5, 5.41) is 4.30. The van der Waals surface area contributed by atoms with Gasteiger partial charge in [-0.25, -0.2) is 14.6 Å². The van der Waals surface area contributed by atoms with Gasteiger partial charge in [-0.1, -0.05) is 0 Å². The molecular formula is C15H19N5O2.